The van der Waals surface area contributed by atoms with E-state index in [2.05, 4.69) is 9.88 Å². The van der Waals surface area contributed by atoms with Crippen LogP contribution in [0.15, 0.2) is 60.2 Å². The number of benzene rings is 2. The minimum Gasteiger partial charge on any atom is -0.497 e. The van der Waals surface area contributed by atoms with Gasteiger partial charge in [-0.25, -0.2) is 0 Å². The molecular weight excluding hydrogens is 390 g/mol. The van der Waals surface area contributed by atoms with Gasteiger partial charge in [0, 0.05) is 28.3 Å². The van der Waals surface area contributed by atoms with Gasteiger partial charge in [0.15, 0.2) is 5.78 Å². The summed E-state index contributed by atoms with van der Waals surface area (Å²) in [6, 6.07) is 18.2. The smallest absolute Gasteiger partial charge is 0.266 e. The van der Waals surface area contributed by atoms with E-state index >= 15 is 0 Å². The van der Waals surface area contributed by atoms with Crippen LogP contribution in [0.25, 0.3) is 11.8 Å². The molecular formula is C25H23N3O3. The Bertz CT molecular complexity index is 1210. The summed E-state index contributed by atoms with van der Waals surface area (Å²) in [6.45, 7) is 5.36. The second-order valence-electron chi connectivity index (χ2n) is 7.12. The van der Waals surface area contributed by atoms with Crippen LogP contribution in [0.5, 0.6) is 5.75 Å². The first-order valence-electron chi connectivity index (χ1n) is 9.71. The third-order valence-corrected chi connectivity index (χ3v) is 4.99. The summed E-state index contributed by atoms with van der Waals surface area (Å²) < 4.78 is 7.27. The van der Waals surface area contributed by atoms with Gasteiger partial charge in [0.25, 0.3) is 5.91 Å². The number of nitrogens with zero attached hydrogens (tertiary/aromatic N) is 2. The van der Waals surface area contributed by atoms with E-state index in [0.29, 0.717) is 11.3 Å². The van der Waals surface area contributed by atoms with Crippen LogP contribution in [0, 0.1) is 25.2 Å². The van der Waals surface area contributed by atoms with Gasteiger partial charge in [0.1, 0.15) is 17.4 Å². The second-order valence-corrected chi connectivity index (χ2v) is 7.12. The van der Waals surface area contributed by atoms with Crippen molar-refractivity contribution in [3.63, 3.8) is 0 Å². The van der Waals surface area contributed by atoms with Crippen molar-refractivity contribution in [3.8, 4) is 17.5 Å². The molecule has 0 atom stereocenters. The molecule has 0 fully saturated rings. The lowest BCUT2D eigenvalue weighted by Gasteiger charge is -2.10. The van der Waals surface area contributed by atoms with Gasteiger partial charge in [-0.3, -0.25) is 9.59 Å². The third kappa shape index (κ3) is 4.73. The first-order valence-corrected chi connectivity index (χ1v) is 9.71. The Labute approximate surface area is 181 Å². The molecule has 1 heterocycles. The molecule has 0 aliphatic heterocycles. The van der Waals surface area contributed by atoms with Crippen LogP contribution < -0.4 is 10.1 Å². The summed E-state index contributed by atoms with van der Waals surface area (Å²) in [5.74, 6) is 0.138. The zero-order valence-corrected chi connectivity index (χ0v) is 17.9. The van der Waals surface area contributed by atoms with Gasteiger partial charge in [0.05, 0.1) is 7.11 Å². The molecule has 156 valence electrons. The average molecular weight is 413 g/mol. The minimum absolute atomic E-state index is 0.0248. The Morgan fingerprint density at radius 2 is 1.81 bits per heavy atom. The Morgan fingerprint density at radius 3 is 2.42 bits per heavy atom. The predicted molar refractivity (Wildman–Crippen MR) is 120 cm³/mol. The van der Waals surface area contributed by atoms with Gasteiger partial charge in [-0.15, -0.1) is 0 Å². The van der Waals surface area contributed by atoms with Crippen molar-refractivity contribution in [1.82, 2.24) is 4.57 Å². The van der Waals surface area contributed by atoms with Gasteiger partial charge in [-0.05, 0) is 74.9 Å². The number of amides is 1. The average Bonchev–Trinajstić information content (AvgIpc) is 3.04. The maximum absolute atomic E-state index is 12.7. The van der Waals surface area contributed by atoms with Crippen molar-refractivity contribution < 1.29 is 14.3 Å². The number of aryl methyl sites for hydroxylation is 1. The standard InChI is InChI=1S/C25H23N3O3/c1-16-12-20(17(2)28(16)23-8-10-24(31-4)11-9-23)13-21(15-26)25(30)27-22-7-5-6-19(14-22)18(3)29/h5-14H,1-4H3,(H,27,30)/b21-13+. The molecule has 31 heavy (non-hydrogen) atoms. The van der Waals surface area contributed by atoms with Crippen molar-refractivity contribution >= 4 is 23.5 Å². The normalized spacial score (nSPS) is 11.0. The monoisotopic (exact) mass is 413 g/mol. The van der Waals surface area contributed by atoms with Crippen LogP contribution in [0.2, 0.25) is 0 Å². The fraction of sp³-hybridized carbons (Fsp3) is 0.160. The molecule has 1 amide bonds. The highest BCUT2D eigenvalue weighted by Gasteiger charge is 2.14. The number of hydrogen-bond donors (Lipinski definition) is 1. The number of nitrogens with one attached hydrogen (secondary N) is 1. The molecule has 2 aromatic carbocycles. The van der Waals surface area contributed by atoms with Gasteiger partial charge < -0.3 is 14.6 Å². The lowest BCUT2D eigenvalue weighted by Crippen LogP contribution is -2.13. The molecule has 3 aromatic rings. The van der Waals surface area contributed by atoms with E-state index in [9.17, 15) is 14.9 Å². The van der Waals surface area contributed by atoms with E-state index in [-0.39, 0.29) is 11.4 Å². The molecule has 0 saturated heterocycles. The fourth-order valence-corrected chi connectivity index (χ4v) is 3.38. The summed E-state index contributed by atoms with van der Waals surface area (Å²) in [4.78, 5) is 24.2. The molecule has 0 saturated carbocycles. The molecule has 1 N–H and O–H groups in total. The summed E-state index contributed by atoms with van der Waals surface area (Å²) in [5, 5.41) is 12.3. The Morgan fingerprint density at radius 1 is 1.10 bits per heavy atom. The Balaban J connectivity index is 1.90. The van der Waals surface area contributed by atoms with E-state index in [1.807, 2.05) is 50.2 Å². The number of nitriles is 1. The van der Waals surface area contributed by atoms with Crippen LogP contribution in [0.4, 0.5) is 5.69 Å². The van der Waals surface area contributed by atoms with Crippen LogP contribution in [0.1, 0.15) is 34.2 Å². The highest BCUT2D eigenvalue weighted by Crippen LogP contribution is 2.24. The topological polar surface area (TPSA) is 84.1 Å². The molecule has 3 rings (SSSR count). The fourth-order valence-electron chi connectivity index (χ4n) is 3.38. The highest BCUT2D eigenvalue weighted by atomic mass is 16.5. The number of carbonyl (C=O) groups is 2. The summed E-state index contributed by atoms with van der Waals surface area (Å²) in [5.41, 5.74) is 4.54. The van der Waals surface area contributed by atoms with Crippen LogP contribution in [-0.2, 0) is 4.79 Å². The lowest BCUT2D eigenvalue weighted by molar-refractivity contribution is -0.112. The molecule has 6 nitrogen and oxygen atoms in total. The van der Waals surface area contributed by atoms with Crippen molar-refractivity contribution in [1.29, 1.82) is 5.26 Å². The molecule has 0 aliphatic rings. The van der Waals surface area contributed by atoms with E-state index in [1.54, 1.807) is 37.5 Å². The van der Waals surface area contributed by atoms with Crippen molar-refractivity contribution in [3.05, 3.63) is 82.7 Å². The van der Waals surface area contributed by atoms with E-state index in [1.165, 1.54) is 6.92 Å². The van der Waals surface area contributed by atoms with Gasteiger partial charge >= 0.3 is 0 Å². The number of Topliss-reactive ketones (excluding diaryl/α,β-unsaturated/α-hetero) is 1. The number of anilines is 1. The van der Waals surface area contributed by atoms with E-state index in [0.717, 1.165) is 28.4 Å². The molecule has 0 radical (unpaired) electrons. The Hall–Kier alpha value is -4.11. The minimum atomic E-state index is -0.530. The number of methoxy groups -OCH3 is 1. The van der Waals surface area contributed by atoms with E-state index < -0.39 is 5.91 Å². The largest absolute Gasteiger partial charge is 0.497 e. The maximum Gasteiger partial charge on any atom is 0.266 e. The lowest BCUT2D eigenvalue weighted by atomic mass is 10.1. The predicted octanol–water partition coefficient (Wildman–Crippen LogP) is 4.85. The summed E-state index contributed by atoms with van der Waals surface area (Å²) in [7, 11) is 1.62. The molecule has 1 aromatic heterocycles. The van der Waals surface area contributed by atoms with Gasteiger partial charge in [-0.2, -0.15) is 5.26 Å². The highest BCUT2D eigenvalue weighted by molar-refractivity contribution is 6.10. The first kappa shape index (κ1) is 21.6. The molecule has 0 spiro atoms. The Kier molecular flexibility index (Phi) is 6.37. The van der Waals surface area contributed by atoms with Crippen LogP contribution in [0.3, 0.4) is 0 Å². The van der Waals surface area contributed by atoms with Crippen LogP contribution in [-0.4, -0.2) is 23.4 Å². The summed E-state index contributed by atoms with van der Waals surface area (Å²) in [6.07, 6.45) is 1.58. The number of aromatic nitrogens is 1. The molecule has 6 heteroatoms. The summed E-state index contributed by atoms with van der Waals surface area (Å²) >= 11 is 0. The number of carbonyl (C=O) groups excluding carboxylic acids is 2. The number of ketones is 1. The number of ether oxygens (including phenoxy) is 1. The third-order valence-electron chi connectivity index (χ3n) is 4.99. The van der Waals surface area contributed by atoms with Crippen LogP contribution >= 0.6 is 0 Å². The number of rotatable bonds is 6. The molecule has 0 unspecified atom stereocenters. The van der Waals surface area contributed by atoms with E-state index in [4.69, 9.17) is 4.74 Å². The van der Waals surface area contributed by atoms with Crippen molar-refractivity contribution in [2.45, 2.75) is 20.8 Å². The van der Waals surface area contributed by atoms with Crippen molar-refractivity contribution in [2.24, 2.45) is 0 Å². The zero-order chi connectivity index (χ0) is 22.5. The van der Waals surface area contributed by atoms with Gasteiger partial charge in [0.2, 0.25) is 0 Å². The SMILES string of the molecule is COc1ccc(-n2c(C)cc(/C=C(\C#N)C(=O)Nc3cccc(C(C)=O)c3)c2C)cc1. The quantitative estimate of drug-likeness (QED) is 0.356. The van der Waals surface area contributed by atoms with Gasteiger partial charge in [-0.1, -0.05) is 12.1 Å². The van der Waals surface area contributed by atoms with Crippen molar-refractivity contribution in [2.75, 3.05) is 12.4 Å². The number of hydrogen-bond acceptors (Lipinski definition) is 4. The molecule has 0 aliphatic carbocycles. The zero-order valence-electron chi connectivity index (χ0n) is 17.9. The maximum atomic E-state index is 12.7. The first-order chi connectivity index (χ1) is 14.8. The second kappa shape index (κ2) is 9.14. The molecule has 0 bridgehead atoms.